The average Bonchev–Trinajstić information content (AvgIpc) is 3.45. The van der Waals surface area contributed by atoms with Gasteiger partial charge in [-0.25, -0.2) is 0 Å². The van der Waals surface area contributed by atoms with Gasteiger partial charge < -0.3 is 15.0 Å². The predicted molar refractivity (Wildman–Crippen MR) is 116 cm³/mol. The third-order valence-corrected chi connectivity index (χ3v) is 6.91. The Labute approximate surface area is 188 Å². The molecule has 0 aliphatic heterocycles. The SMILES string of the molecule is N#CC12CC(C1)[C@H](C(=O)Nc1c[nH]c3ccc(OCCc4ccc(C(F)(F)F)cc4)cc13)C2. The zero-order valence-corrected chi connectivity index (χ0v) is 17.7. The van der Waals surface area contributed by atoms with Crippen LogP contribution in [0.5, 0.6) is 5.75 Å². The number of nitrogens with one attached hydrogen (secondary N) is 2. The summed E-state index contributed by atoms with van der Waals surface area (Å²) in [7, 11) is 0. The van der Waals surface area contributed by atoms with Crippen LogP contribution in [-0.4, -0.2) is 17.5 Å². The number of aromatic amines is 1. The highest BCUT2D eigenvalue weighted by molar-refractivity contribution is 6.03. The number of amides is 1. The van der Waals surface area contributed by atoms with E-state index in [9.17, 15) is 23.2 Å². The number of carbonyl (C=O) groups is 1. The number of aromatic nitrogens is 1. The van der Waals surface area contributed by atoms with Crippen LogP contribution in [0.4, 0.5) is 18.9 Å². The standard InChI is InChI=1S/C25H22F3N3O2/c26-25(27,28)17-3-1-15(2-4-17)7-8-33-18-5-6-21-19(9-18)22(13-30-21)31-23(32)20-12-24(14-29)10-16(20)11-24/h1-6,9,13,16,20,30H,7-8,10-12H2,(H,31,32)/t16?,20-,24?/m1/s1. The van der Waals surface area contributed by atoms with Crippen molar-refractivity contribution in [2.24, 2.45) is 17.3 Å². The largest absolute Gasteiger partial charge is 0.493 e. The van der Waals surface area contributed by atoms with E-state index in [0.29, 0.717) is 36.8 Å². The Morgan fingerprint density at radius 3 is 2.61 bits per heavy atom. The molecule has 3 aliphatic rings. The highest BCUT2D eigenvalue weighted by Crippen LogP contribution is 2.61. The summed E-state index contributed by atoms with van der Waals surface area (Å²) in [4.78, 5) is 16.0. The van der Waals surface area contributed by atoms with Gasteiger partial charge in [-0.2, -0.15) is 18.4 Å². The molecule has 0 unspecified atom stereocenters. The number of fused-ring (bicyclic) bond motifs is 2. The van der Waals surface area contributed by atoms with Gasteiger partial charge in [0.1, 0.15) is 5.75 Å². The van der Waals surface area contributed by atoms with E-state index >= 15 is 0 Å². The topological polar surface area (TPSA) is 77.9 Å². The molecule has 1 heterocycles. The Balaban J connectivity index is 1.21. The van der Waals surface area contributed by atoms with Crippen molar-refractivity contribution in [3.8, 4) is 11.8 Å². The van der Waals surface area contributed by atoms with Gasteiger partial charge in [0, 0.05) is 29.4 Å². The van der Waals surface area contributed by atoms with Gasteiger partial charge in [0.05, 0.1) is 29.3 Å². The zero-order chi connectivity index (χ0) is 23.2. The van der Waals surface area contributed by atoms with E-state index in [0.717, 1.165) is 41.4 Å². The molecule has 3 saturated carbocycles. The molecule has 8 heteroatoms. The lowest BCUT2D eigenvalue weighted by Crippen LogP contribution is -2.28. The Morgan fingerprint density at radius 2 is 1.94 bits per heavy atom. The number of anilines is 1. The summed E-state index contributed by atoms with van der Waals surface area (Å²) in [6.45, 7) is 0.309. The summed E-state index contributed by atoms with van der Waals surface area (Å²) < 4.78 is 43.9. The molecular weight excluding hydrogens is 431 g/mol. The second-order valence-corrected chi connectivity index (χ2v) is 9.06. The normalized spacial score (nSPS) is 23.7. The molecule has 0 spiro atoms. The van der Waals surface area contributed by atoms with E-state index in [2.05, 4.69) is 16.4 Å². The molecule has 0 radical (unpaired) electrons. The van der Waals surface area contributed by atoms with Crippen molar-refractivity contribution < 1.29 is 22.7 Å². The number of ether oxygens (including phenoxy) is 1. The van der Waals surface area contributed by atoms with Gasteiger partial charge in [-0.05, 0) is 61.1 Å². The van der Waals surface area contributed by atoms with Crippen LogP contribution in [0.2, 0.25) is 0 Å². The van der Waals surface area contributed by atoms with Crippen molar-refractivity contribution in [2.45, 2.75) is 31.9 Å². The minimum Gasteiger partial charge on any atom is -0.493 e. The number of halogens is 3. The smallest absolute Gasteiger partial charge is 0.416 e. The molecule has 0 saturated heterocycles. The lowest BCUT2D eigenvalue weighted by Gasteiger charge is -2.31. The van der Waals surface area contributed by atoms with E-state index in [1.54, 1.807) is 12.3 Å². The molecule has 2 aromatic carbocycles. The average molecular weight is 453 g/mol. The summed E-state index contributed by atoms with van der Waals surface area (Å²) in [6, 6.07) is 12.9. The van der Waals surface area contributed by atoms with Gasteiger partial charge in [-0.3, -0.25) is 4.79 Å². The number of hydrogen-bond acceptors (Lipinski definition) is 3. The molecule has 6 rings (SSSR count). The molecule has 3 aliphatic carbocycles. The molecule has 2 bridgehead atoms. The third-order valence-electron chi connectivity index (χ3n) is 6.91. The maximum atomic E-state index is 12.8. The fraction of sp³-hybridized carbons (Fsp3) is 0.360. The van der Waals surface area contributed by atoms with Crippen LogP contribution in [0.3, 0.4) is 0 Å². The van der Waals surface area contributed by atoms with Gasteiger partial charge in [-0.15, -0.1) is 0 Å². The molecule has 3 aromatic rings. The number of H-pyrrole nitrogens is 1. The van der Waals surface area contributed by atoms with Crippen molar-refractivity contribution in [1.82, 2.24) is 4.98 Å². The van der Waals surface area contributed by atoms with Gasteiger partial charge >= 0.3 is 6.18 Å². The van der Waals surface area contributed by atoms with Crippen LogP contribution in [0.15, 0.2) is 48.7 Å². The number of alkyl halides is 3. The molecule has 3 fully saturated rings. The van der Waals surface area contributed by atoms with E-state index in [4.69, 9.17) is 4.74 Å². The van der Waals surface area contributed by atoms with Gasteiger partial charge in [0.25, 0.3) is 0 Å². The van der Waals surface area contributed by atoms with E-state index in [1.807, 2.05) is 12.1 Å². The maximum absolute atomic E-state index is 12.8. The molecule has 170 valence electrons. The Morgan fingerprint density at radius 1 is 1.18 bits per heavy atom. The first kappa shape index (κ1) is 21.4. The molecule has 1 atom stereocenters. The van der Waals surface area contributed by atoms with E-state index in [-0.39, 0.29) is 17.2 Å². The summed E-state index contributed by atoms with van der Waals surface area (Å²) in [5, 5.41) is 13.2. The highest BCUT2D eigenvalue weighted by Gasteiger charge is 2.58. The first-order valence-electron chi connectivity index (χ1n) is 10.9. The summed E-state index contributed by atoms with van der Waals surface area (Å²) in [6.07, 6.45) is 0.118. The van der Waals surface area contributed by atoms with Crippen LogP contribution in [-0.2, 0) is 17.4 Å². The quantitative estimate of drug-likeness (QED) is 0.504. The van der Waals surface area contributed by atoms with Crippen LogP contribution >= 0.6 is 0 Å². The third kappa shape index (κ3) is 4.04. The molecule has 1 aromatic heterocycles. The van der Waals surface area contributed by atoms with Crippen LogP contribution in [0.1, 0.15) is 30.4 Å². The fourth-order valence-electron chi connectivity index (χ4n) is 5.09. The zero-order valence-electron chi connectivity index (χ0n) is 17.7. The van der Waals surface area contributed by atoms with Crippen molar-refractivity contribution in [2.75, 3.05) is 11.9 Å². The van der Waals surface area contributed by atoms with Gasteiger partial charge in [0.2, 0.25) is 5.91 Å². The number of nitriles is 1. The van der Waals surface area contributed by atoms with Crippen molar-refractivity contribution in [1.29, 1.82) is 5.26 Å². The Kier molecular flexibility index (Phi) is 5.08. The monoisotopic (exact) mass is 453 g/mol. The second-order valence-electron chi connectivity index (χ2n) is 9.06. The van der Waals surface area contributed by atoms with Gasteiger partial charge in [0.15, 0.2) is 0 Å². The number of carbonyl (C=O) groups excluding carboxylic acids is 1. The predicted octanol–water partition coefficient (Wildman–Crippen LogP) is 5.69. The lowest BCUT2D eigenvalue weighted by atomic mass is 9.70. The first-order valence-corrected chi connectivity index (χ1v) is 10.9. The second kappa shape index (κ2) is 7.84. The molecule has 1 amide bonds. The minimum atomic E-state index is -4.34. The maximum Gasteiger partial charge on any atom is 0.416 e. The first-order chi connectivity index (χ1) is 15.8. The molecule has 2 N–H and O–H groups in total. The minimum absolute atomic E-state index is 0.0517. The van der Waals surface area contributed by atoms with E-state index < -0.39 is 11.7 Å². The Bertz CT molecular complexity index is 1230. The highest BCUT2D eigenvalue weighted by atomic mass is 19.4. The summed E-state index contributed by atoms with van der Waals surface area (Å²) in [5.74, 6) is 0.719. The van der Waals surface area contributed by atoms with Crippen molar-refractivity contribution in [3.63, 3.8) is 0 Å². The molecule has 5 nitrogen and oxygen atoms in total. The molecule has 33 heavy (non-hydrogen) atoms. The number of benzene rings is 2. The summed E-state index contributed by atoms with van der Waals surface area (Å²) >= 11 is 0. The molecular formula is C25H22F3N3O2. The summed E-state index contributed by atoms with van der Waals surface area (Å²) in [5.41, 5.74) is 1.30. The van der Waals surface area contributed by atoms with Crippen LogP contribution in [0.25, 0.3) is 10.9 Å². The Hall–Kier alpha value is -3.47. The van der Waals surface area contributed by atoms with Gasteiger partial charge in [-0.1, -0.05) is 12.1 Å². The number of nitrogens with zero attached hydrogens (tertiary/aromatic N) is 1. The van der Waals surface area contributed by atoms with Crippen LogP contribution in [0, 0.1) is 28.6 Å². The van der Waals surface area contributed by atoms with E-state index in [1.165, 1.54) is 12.1 Å². The van der Waals surface area contributed by atoms with Crippen molar-refractivity contribution >= 4 is 22.5 Å². The van der Waals surface area contributed by atoms with Crippen LogP contribution < -0.4 is 10.1 Å². The van der Waals surface area contributed by atoms with Crippen molar-refractivity contribution in [3.05, 3.63) is 59.8 Å². The fourth-order valence-corrected chi connectivity index (χ4v) is 5.09. The lowest BCUT2D eigenvalue weighted by molar-refractivity contribution is -0.137. The number of rotatable bonds is 6. The number of hydrogen-bond donors (Lipinski definition) is 2.